The Bertz CT molecular complexity index is 1590. The first-order chi connectivity index (χ1) is 16.4. The topological polar surface area (TPSA) is 87.7 Å². The Balaban J connectivity index is 1.44. The molecule has 1 N–H and O–H groups in total. The van der Waals surface area contributed by atoms with Crippen LogP contribution in [0.4, 0.5) is 4.39 Å². The Morgan fingerprint density at radius 1 is 1.06 bits per heavy atom. The summed E-state index contributed by atoms with van der Waals surface area (Å²) >= 11 is 18.6. The summed E-state index contributed by atoms with van der Waals surface area (Å²) in [4.78, 5) is 3.15. The van der Waals surface area contributed by atoms with Gasteiger partial charge in [-0.2, -0.15) is 5.26 Å². The second-order valence-corrected chi connectivity index (χ2v) is 8.50. The number of nitrogens with one attached hydrogen (secondary N) is 1. The molecule has 0 saturated heterocycles. The fourth-order valence-electron chi connectivity index (χ4n) is 3.45. The van der Waals surface area contributed by atoms with E-state index in [1.54, 1.807) is 0 Å². The fourth-order valence-corrected chi connectivity index (χ4v) is 4.15. The second kappa shape index (κ2) is 8.99. The monoisotopic (exact) mass is 512 g/mol. The highest BCUT2D eigenvalue weighted by atomic mass is 35.5. The van der Waals surface area contributed by atoms with Crippen LogP contribution in [0, 0.1) is 17.1 Å². The zero-order valence-corrected chi connectivity index (χ0v) is 19.3. The number of nitrogens with zero attached hydrogens (tertiary/aromatic N) is 3. The largest absolute Gasteiger partial charge is 0.453 e. The van der Waals surface area contributed by atoms with Crippen LogP contribution in [0.2, 0.25) is 15.1 Å². The summed E-state index contributed by atoms with van der Waals surface area (Å²) in [5.74, 6) is -0.370. The molecule has 10 heteroatoms. The van der Waals surface area contributed by atoms with E-state index in [1.165, 1.54) is 30.3 Å². The number of H-pyrrole nitrogens is 1. The average molecular weight is 514 g/mol. The first-order valence-electron chi connectivity index (χ1n) is 9.87. The minimum Gasteiger partial charge on any atom is -0.453 e. The number of rotatable bonds is 5. The molecule has 0 bridgehead atoms. The minimum absolute atomic E-state index is 0.0107. The maximum absolute atomic E-state index is 15.3. The van der Waals surface area contributed by atoms with Crippen LogP contribution in [-0.4, -0.2) is 15.2 Å². The molecule has 2 aromatic heterocycles. The van der Waals surface area contributed by atoms with Crippen molar-refractivity contribution < 1.29 is 13.5 Å². The van der Waals surface area contributed by atoms with Gasteiger partial charge in [-0.05, 0) is 30.3 Å². The van der Waals surface area contributed by atoms with Crippen molar-refractivity contribution in [3.05, 3.63) is 92.5 Å². The van der Waals surface area contributed by atoms with Gasteiger partial charge >= 0.3 is 0 Å². The summed E-state index contributed by atoms with van der Waals surface area (Å²) in [7, 11) is 0. The Morgan fingerprint density at radius 2 is 1.88 bits per heavy atom. The number of hydrogen-bond donors (Lipinski definition) is 1. The minimum atomic E-state index is -0.700. The summed E-state index contributed by atoms with van der Waals surface area (Å²) in [5, 5.41) is 18.8. The van der Waals surface area contributed by atoms with Gasteiger partial charge in [0.25, 0.3) is 5.89 Å². The van der Waals surface area contributed by atoms with Gasteiger partial charge in [-0.25, -0.2) is 4.39 Å². The van der Waals surface area contributed by atoms with Gasteiger partial charge < -0.3 is 14.1 Å². The van der Waals surface area contributed by atoms with Crippen LogP contribution >= 0.6 is 34.8 Å². The molecular weight excluding hydrogens is 502 g/mol. The van der Waals surface area contributed by atoms with Crippen molar-refractivity contribution in [1.29, 1.82) is 5.26 Å². The summed E-state index contributed by atoms with van der Waals surface area (Å²) in [6.45, 7) is 0. The first kappa shape index (κ1) is 22.2. The number of aromatic amines is 1. The number of benzene rings is 3. The number of fused-ring (bicyclic) bond motifs is 1. The van der Waals surface area contributed by atoms with E-state index < -0.39 is 5.82 Å². The van der Waals surface area contributed by atoms with Gasteiger partial charge in [0.2, 0.25) is 5.89 Å². The third-order valence-electron chi connectivity index (χ3n) is 5.01. The van der Waals surface area contributed by atoms with Crippen LogP contribution in [0.25, 0.3) is 22.5 Å². The van der Waals surface area contributed by atoms with Crippen LogP contribution in [0.1, 0.15) is 17.0 Å². The summed E-state index contributed by atoms with van der Waals surface area (Å²) < 4.78 is 26.7. The molecule has 0 aliphatic heterocycles. The van der Waals surface area contributed by atoms with Gasteiger partial charge in [0.15, 0.2) is 11.6 Å². The number of ether oxygens (including phenoxy) is 1. The number of para-hydroxylation sites is 1. The van der Waals surface area contributed by atoms with Crippen molar-refractivity contribution in [2.24, 2.45) is 0 Å². The molecule has 6 nitrogen and oxygen atoms in total. The molecule has 0 saturated carbocycles. The van der Waals surface area contributed by atoms with Gasteiger partial charge in [0, 0.05) is 21.5 Å². The molecule has 0 aliphatic carbocycles. The lowest BCUT2D eigenvalue weighted by Gasteiger charge is -2.11. The second-order valence-electron chi connectivity index (χ2n) is 7.28. The van der Waals surface area contributed by atoms with Crippen molar-refractivity contribution in [2.45, 2.75) is 6.42 Å². The van der Waals surface area contributed by atoms with E-state index in [-0.39, 0.29) is 50.9 Å². The van der Waals surface area contributed by atoms with Gasteiger partial charge in [0.1, 0.15) is 11.4 Å². The number of nitriles is 1. The van der Waals surface area contributed by atoms with E-state index in [0.717, 1.165) is 10.9 Å². The Morgan fingerprint density at radius 3 is 2.68 bits per heavy atom. The molecule has 2 heterocycles. The molecular formula is C24H12Cl3FN4O2. The van der Waals surface area contributed by atoms with Gasteiger partial charge in [-0.1, -0.05) is 59.1 Å². The van der Waals surface area contributed by atoms with Crippen LogP contribution in [0.5, 0.6) is 11.5 Å². The Labute approximate surface area is 207 Å². The molecule has 0 atom stereocenters. The lowest BCUT2D eigenvalue weighted by Crippen LogP contribution is -1.98. The standard InChI is InChI=1S/C24H12Cl3FN4O2/c25-14-7-12(11-29)8-15(10-14)33-23-17(26)6-5-13(21(23)28)9-19-31-32-24(34-19)22-20(27)16-3-1-2-4-18(16)30-22/h1-8,10,30H,9H2. The van der Waals surface area contributed by atoms with Gasteiger partial charge in [0.05, 0.1) is 28.1 Å². The predicted molar refractivity (Wildman–Crippen MR) is 127 cm³/mol. The molecule has 0 amide bonds. The first-order valence-corrected chi connectivity index (χ1v) is 11.0. The van der Waals surface area contributed by atoms with Crippen molar-refractivity contribution >= 4 is 45.7 Å². The SMILES string of the molecule is N#Cc1cc(Cl)cc(Oc2c(Cl)ccc(Cc3nnc(-c4[nH]c5ccccc5c4Cl)o3)c2F)c1. The van der Waals surface area contributed by atoms with Crippen LogP contribution in [0.15, 0.2) is 59.0 Å². The van der Waals surface area contributed by atoms with Crippen molar-refractivity contribution in [1.82, 2.24) is 15.2 Å². The third kappa shape index (κ3) is 4.19. The van der Waals surface area contributed by atoms with Gasteiger partial charge in [-0.3, -0.25) is 0 Å². The molecule has 0 fully saturated rings. The van der Waals surface area contributed by atoms with Crippen molar-refractivity contribution in [3.8, 4) is 29.2 Å². The molecule has 0 spiro atoms. The zero-order chi connectivity index (χ0) is 23.8. The highest BCUT2D eigenvalue weighted by molar-refractivity contribution is 6.38. The molecule has 5 rings (SSSR count). The highest BCUT2D eigenvalue weighted by Crippen LogP contribution is 2.37. The van der Waals surface area contributed by atoms with Gasteiger partial charge in [-0.15, -0.1) is 10.2 Å². The van der Waals surface area contributed by atoms with E-state index in [1.807, 2.05) is 30.3 Å². The van der Waals surface area contributed by atoms with E-state index in [4.69, 9.17) is 49.2 Å². The molecule has 5 aromatic rings. The smallest absolute Gasteiger partial charge is 0.265 e. The number of halogens is 4. The summed E-state index contributed by atoms with van der Waals surface area (Å²) in [6, 6.07) is 16.8. The maximum atomic E-state index is 15.3. The lowest BCUT2D eigenvalue weighted by atomic mass is 10.1. The molecule has 0 radical (unpaired) electrons. The number of hydrogen-bond acceptors (Lipinski definition) is 5. The molecule has 0 aliphatic rings. The summed E-state index contributed by atoms with van der Waals surface area (Å²) in [6.07, 6.45) is -0.0107. The van der Waals surface area contributed by atoms with E-state index >= 15 is 4.39 Å². The van der Waals surface area contributed by atoms with Crippen molar-refractivity contribution in [2.75, 3.05) is 0 Å². The van der Waals surface area contributed by atoms with Crippen LogP contribution in [-0.2, 0) is 6.42 Å². The van der Waals surface area contributed by atoms with E-state index in [0.29, 0.717) is 10.7 Å². The van der Waals surface area contributed by atoms with Crippen LogP contribution < -0.4 is 4.74 Å². The molecule has 0 unspecified atom stereocenters. The average Bonchev–Trinajstić information content (AvgIpc) is 3.42. The normalized spacial score (nSPS) is 11.0. The summed E-state index contributed by atoms with van der Waals surface area (Å²) in [5.41, 5.74) is 1.80. The Hall–Kier alpha value is -3.57. The molecule has 3 aromatic carbocycles. The zero-order valence-electron chi connectivity index (χ0n) is 17.1. The van der Waals surface area contributed by atoms with Crippen LogP contribution in [0.3, 0.4) is 0 Å². The maximum Gasteiger partial charge on any atom is 0.265 e. The molecule has 34 heavy (non-hydrogen) atoms. The lowest BCUT2D eigenvalue weighted by molar-refractivity contribution is 0.437. The van der Waals surface area contributed by atoms with E-state index in [9.17, 15) is 0 Å². The third-order valence-corrected chi connectivity index (χ3v) is 5.92. The van der Waals surface area contributed by atoms with Crippen molar-refractivity contribution in [3.63, 3.8) is 0 Å². The highest BCUT2D eigenvalue weighted by Gasteiger charge is 2.20. The Kier molecular flexibility index (Phi) is 5.88. The predicted octanol–water partition coefficient (Wildman–Crippen LogP) is 7.57. The quantitative estimate of drug-likeness (QED) is 0.262. The fraction of sp³-hybridized carbons (Fsp3) is 0.0417. The van der Waals surface area contributed by atoms with E-state index in [2.05, 4.69) is 15.2 Å². The molecule has 168 valence electrons. The number of aromatic nitrogens is 3.